The van der Waals surface area contributed by atoms with E-state index in [0.717, 1.165) is 18.5 Å². The lowest BCUT2D eigenvalue weighted by Gasteiger charge is -2.29. The van der Waals surface area contributed by atoms with Crippen molar-refractivity contribution in [2.75, 3.05) is 6.54 Å². The largest absolute Gasteiger partial charge is 0.506 e. The average Bonchev–Trinajstić information content (AvgIpc) is 2.08. The molecular weight excluding hydrogens is 289 g/mol. The monoisotopic (exact) mass is 295 g/mol. The van der Waals surface area contributed by atoms with Crippen molar-refractivity contribution in [1.29, 1.82) is 0 Å². The number of rotatable bonds is 1. The summed E-state index contributed by atoms with van der Waals surface area (Å²) in [4.78, 5) is 0. The van der Waals surface area contributed by atoms with Gasteiger partial charge in [-0.15, -0.1) is 0 Å². The molecule has 0 aromatic heterocycles. The molecule has 2 rings (SSSR count). The summed E-state index contributed by atoms with van der Waals surface area (Å²) in [7, 11) is 0. The first-order valence-corrected chi connectivity index (χ1v) is 5.76. The quantitative estimate of drug-likeness (QED) is 0.778. The van der Waals surface area contributed by atoms with Gasteiger partial charge in [0.2, 0.25) is 0 Å². The Morgan fingerprint density at radius 2 is 2.14 bits per heavy atom. The van der Waals surface area contributed by atoms with Crippen LogP contribution in [-0.2, 0) is 0 Å². The molecule has 5 heteroatoms. The third kappa shape index (κ3) is 1.63. The number of nitrogens with one attached hydrogen (secondary N) is 1. The summed E-state index contributed by atoms with van der Waals surface area (Å²) in [5.41, 5.74) is 0.803. The third-order valence-corrected chi connectivity index (χ3v) is 4.15. The number of phenolic OH excluding ortho intramolecular Hbond substituents is 1. The van der Waals surface area contributed by atoms with Crippen LogP contribution in [0.3, 0.4) is 0 Å². The molecule has 2 nitrogen and oxygen atoms in total. The number of benzene rings is 1. The van der Waals surface area contributed by atoms with E-state index in [4.69, 9.17) is 23.2 Å². The van der Waals surface area contributed by atoms with Crippen molar-refractivity contribution >= 4 is 39.1 Å². The van der Waals surface area contributed by atoms with Crippen molar-refractivity contribution in [2.24, 2.45) is 0 Å². The maximum Gasteiger partial charge on any atom is 0.136 e. The normalized spacial score (nSPS) is 20.6. The Bertz CT molecular complexity index is 380. The molecule has 1 aromatic rings. The highest BCUT2D eigenvalue weighted by atomic mass is 79.9. The molecule has 76 valence electrons. The van der Waals surface area contributed by atoms with E-state index in [1.165, 1.54) is 0 Å². The second-order valence-electron chi connectivity index (χ2n) is 3.22. The van der Waals surface area contributed by atoms with Crippen molar-refractivity contribution in [3.05, 3.63) is 26.1 Å². The van der Waals surface area contributed by atoms with Gasteiger partial charge in [0.1, 0.15) is 5.75 Å². The first-order valence-electron chi connectivity index (χ1n) is 4.21. The Labute approximate surface area is 100 Å². The molecule has 0 radical (unpaired) electrons. The van der Waals surface area contributed by atoms with E-state index >= 15 is 0 Å². The Morgan fingerprint density at radius 3 is 2.64 bits per heavy atom. The van der Waals surface area contributed by atoms with Crippen LogP contribution in [0, 0.1) is 0 Å². The second-order valence-corrected chi connectivity index (χ2v) is 4.80. The number of hydrogen-bond acceptors (Lipinski definition) is 2. The number of aromatic hydroxyl groups is 1. The molecule has 0 amide bonds. The van der Waals surface area contributed by atoms with Crippen molar-refractivity contribution in [1.82, 2.24) is 5.32 Å². The van der Waals surface area contributed by atoms with Gasteiger partial charge in [0.15, 0.2) is 0 Å². The van der Waals surface area contributed by atoms with E-state index in [2.05, 4.69) is 21.2 Å². The van der Waals surface area contributed by atoms with Crippen LogP contribution >= 0.6 is 39.1 Å². The molecule has 1 atom stereocenters. The fraction of sp³-hybridized carbons (Fsp3) is 0.333. The topological polar surface area (TPSA) is 32.3 Å². The highest BCUT2D eigenvalue weighted by Crippen LogP contribution is 2.43. The van der Waals surface area contributed by atoms with Crippen LogP contribution in [0.2, 0.25) is 10.0 Å². The van der Waals surface area contributed by atoms with Crippen molar-refractivity contribution in [3.8, 4) is 5.75 Å². The Kier molecular flexibility index (Phi) is 2.93. The van der Waals surface area contributed by atoms with Gasteiger partial charge in [0, 0.05) is 11.6 Å². The van der Waals surface area contributed by atoms with Gasteiger partial charge in [-0.05, 0) is 35.0 Å². The summed E-state index contributed by atoms with van der Waals surface area (Å²) in [6, 6.07) is 1.90. The zero-order valence-corrected chi connectivity index (χ0v) is 10.2. The first-order chi connectivity index (χ1) is 6.61. The van der Waals surface area contributed by atoms with Crippen molar-refractivity contribution in [2.45, 2.75) is 12.5 Å². The molecule has 0 saturated carbocycles. The molecule has 0 bridgehead atoms. The molecule has 1 fully saturated rings. The van der Waals surface area contributed by atoms with Gasteiger partial charge in [-0.1, -0.05) is 23.2 Å². The van der Waals surface area contributed by atoms with Crippen molar-refractivity contribution < 1.29 is 5.11 Å². The first kappa shape index (κ1) is 10.6. The van der Waals surface area contributed by atoms with Gasteiger partial charge < -0.3 is 10.4 Å². The minimum Gasteiger partial charge on any atom is -0.506 e. The van der Waals surface area contributed by atoms with Crippen LogP contribution in [0.1, 0.15) is 18.0 Å². The summed E-state index contributed by atoms with van der Waals surface area (Å²) in [6.45, 7) is 0.974. The van der Waals surface area contributed by atoms with Gasteiger partial charge in [-0.3, -0.25) is 0 Å². The Hall–Kier alpha value is 0.0400. The molecule has 0 spiro atoms. The molecular formula is C9H8BrCl2NO. The lowest BCUT2D eigenvalue weighted by molar-refractivity contribution is 0.364. The lowest BCUT2D eigenvalue weighted by atomic mass is 9.97. The van der Waals surface area contributed by atoms with Gasteiger partial charge >= 0.3 is 0 Å². The number of halogens is 3. The fourth-order valence-corrected chi connectivity index (χ4v) is 2.34. The van der Waals surface area contributed by atoms with Gasteiger partial charge in [0.25, 0.3) is 0 Å². The van der Waals surface area contributed by atoms with E-state index in [1.54, 1.807) is 6.07 Å². The second kappa shape index (κ2) is 3.89. The van der Waals surface area contributed by atoms with E-state index in [9.17, 15) is 5.11 Å². The molecule has 0 aliphatic carbocycles. The smallest absolute Gasteiger partial charge is 0.136 e. The fourth-order valence-electron chi connectivity index (χ4n) is 1.42. The van der Waals surface area contributed by atoms with Crippen molar-refractivity contribution in [3.63, 3.8) is 0 Å². The Balaban J connectivity index is 2.49. The van der Waals surface area contributed by atoms with Gasteiger partial charge in [-0.2, -0.15) is 0 Å². The predicted molar refractivity (Wildman–Crippen MR) is 61.2 cm³/mol. The average molecular weight is 297 g/mol. The maximum atomic E-state index is 9.81. The summed E-state index contributed by atoms with van der Waals surface area (Å²) < 4.78 is 0.468. The molecule has 1 aliphatic heterocycles. The zero-order chi connectivity index (χ0) is 10.3. The summed E-state index contributed by atoms with van der Waals surface area (Å²) in [5.74, 6) is 0.177. The molecule has 14 heavy (non-hydrogen) atoms. The molecule has 2 N–H and O–H groups in total. The minimum atomic E-state index is 0.177. The highest BCUT2D eigenvalue weighted by molar-refractivity contribution is 9.10. The van der Waals surface area contributed by atoms with E-state index in [1.807, 2.05) is 0 Å². The minimum absolute atomic E-state index is 0.177. The van der Waals surface area contributed by atoms with Crippen LogP contribution < -0.4 is 5.32 Å². The van der Waals surface area contributed by atoms with Gasteiger partial charge in [0.05, 0.1) is 14.5 Å². The molecule has 1 aromatic carbocycles. The summed E-state index contributed by atoms with van der Waals surface area (Å²) in [5, 5.41) is 13.8. The molecule has 1 saturated heterocycles. The lowest BCUT2D eigenvalue weighted by Crippen LogP contribution is -2.35. The maximum absolute atomic E-state index is 9.81. The van der Waals surface area contributed by atoms with Crippen LogP contribution in [0.4, 0.5) is 0 Å². The zero-order valence-electron chi connectivity index (χ0n) is 7.15. The summed E-state index contributed by atoms with van der Waals surface area (Å²) in [6.07, 6.45) is 1.01. The predicted octanol–water partition coefficient (Wildman–Crippen LogP) is 3.50. The van der Waals surface area contributed by atoms with E-state index in [-0.39, 0.29) is 11.8 Å². The molecule has 1 heterocycles. The molecule has 0 unspecified atom stereocenters. The summed E-state index contributed by atoms with van der Waals surface area (Å²) >= 11 is 15.0. The molecule has 1 aliphatic rings. The number of phenols is 1. The third-order valence-electron chi connectivity index (χ3n) is 2.37. The van der Waals surface area contributed by atoms with Gasteiger partial charge in [-0.25, -0.2) is 0 Å². The number of hydrogen-bond donors (Lipinski definition) is 2. The van der Waals surface area contributed by atoms with Crippen LogP contribution in [-0.4, -0.2) is 11.7 Å². The van der Waals surface area contributed by atoms with E-state index < -0.39 is 0 Å². The van der Waals surface area contributed by atoms with Crippen LogP contribution in [0.5, 0.6) is 5.75 Å². The highest BCUT2D eigenvalue weighted by Gasteiger charge is 2.24. The standard InChI is InChI=1S/C9H8BrCl2NO/c10-7-8(12)5(11)3-4(9(7)14)6-1-2-13-6/h3,6,13-14H,1-2H2/t6-/m0/s1. The van der Waals surface area contributed by atoms with E-state index in [0.29, 0.717) is 14.5 Å². The Morgan fingerprint density at radius 1 is 1.50 bits per heavy atom. The SMILES string of the molecule is Oc1c([C@@H]2CCN2)cc(Cl)c(Cl)c1Br. The van der Waals surface area contributed by atoms with Crippen LogP contribution in [0.25, 0.3) is 0 Å². The van der Waals surface area contributed by atoms with Crippen LogP contribution in [0.15, 0.2) is 10.5 Å².